The van der Waals surface area contributed by atoms with Crippen LogP contribution in [0.5, 0.6) is 0 Å². The lowest BCUT2D eigenvalue weighted by Gasteiger charge is -2.31. The second-order valence-electron chi connectivity index (χ2n) is 4.50. The van der Waals surface area contributed by atoms with E-state index in [1.54, 1.807) is 0 Å². The first kappa shape index (κ1) is 13.9. The van der Waals surface area contributed by atoms with Gasteiger partial charge in [0, 0.05) is 12.6 Å². The van der Waals surface area contributed by atoms with E-state index in [4.69, 9.17) is 0 Å². The zero-order chi connectivity index (χ0) is 11.9. The minimum Gasteiger partial charge on any atom is -0.334 e. The molecule has 0 radical (unpaired) electrons. The molecule has 0 heterocycles. The molecule has 3 N–H and O–H groups in total. The van der Waals surface area contributed by atoms with Crippen LogP contribution in [0.3, 0.4) is 0 Å². The molecule has 0 aromatic carbocycles. The Bertz CT molecular complexity index is 211. The lowest BCUT2D eigenvalue weighted by atomic mass is 9.87. The van der Waals surface area contributed by atoms with Crippen LogP contribution in [-0.2, 0) is 4.79 Å². The molecule has 15 heavy (non-hydrogen) atoms. The maximum Gasteiger partial charge on any atom is 0.315 e. The molecule has 0 aliphatic heterocycles. The second kappa shape index (κ2) is 6.40. The van der Waals surface area contributed by atoms with Crippen LogP contribution >= 0.6 is 0 Å². The van der Waals surface area contributed by atoms with Gasteiger partial charge in [-0.1, -0.05) is 20.8 Å². The van der Waals surface area contributed by atoms with Gasteiger partial charge < -0.3 is 20.7 Å². The molecule has 5 heteroatoms. The number of urea groups is 1. The molecule has 0 aliphatic rings. The summed E-state index contributed by atoms with van der Waals surface area (Å²) in [6.45, 7) is 6.89. The van der Waals surface area contributed by atoms with Gasteiger partial charge in [0.05, 0.1) is 6.54 Å². The van der Waals surface area contributed by atoms with Crippen molar-refractivity contribution in [2.24, 2.45) is 5.41 Å². The van der Waals surface area contributed by atoms with Crippen molar-refractivity contribution in [2.45, 2.75) is 26.8 Å². The number of amides is 2. The Balaban J connectivity index is 4.16. The zero-order valence-electron chi connectivity index (χ0n) is 9.89. The zero-order valence-corrected chi connectivity index (χ0v) is 9.89. The Labute approximate surface area is 91.0 Å². The Morgan fingerprint density at radius 1 is 1.40 bits per heavy atom. The molecular weight excluding hydrogens is 194 g/mol. The van der Waals surface area contributed by atoms with Crippen molar-refractivity contribution in [2.75, 3.05) is 20.1 Å². The number of carbonyl (C=O) groups is 2. The Kier molecular flexibility index (Phi) is 5.93. The summed E-state index contributed by atoms with van der Waals surface area (Å²) < 4.78 is 0. The van der Waals surface area contributed by atoms with E-state index in [-0.39, 0.29) is 24.0 Å². The molecule has 0 aliphatic carbocycles. The minimum absolute atomic E-state index is 0.0224. The standard InChI is InChI=1S/C10H21N3O2/c1-10(2,3)8(7-11-4)13-9(15)12-5-6-14/h6,8,11H,5,7H2,1-4H3,(H2,12,13,15)/t8-/m1/s1. The van der Waals surface area contributed by atoms with Crippen LogP contribution in [0.4, 0.5) is 4.79 Å². The van der Waals surface area contributed by atoms with Crippen molar-refractivity contribution in [3.63, 3.8) is 0 Å². The van der Waals surface area contributed by atoms with E-state index in [0.29, 0.717) is 12.8 Å². The van der Waals surface area contributed by atoms with E-state index in [0.717, 1.165) is 0 Å². The number of hydrogen-bond acceptors (Lipinski definition) is 3. The Hall–Kier alpha value is -1.10. The molecular formula is C10H21N3O2. The van der Waals surface area contributed by atoms with Crippen molar-refractivity contribution in [3.8, 4) is 0 Å². The molecule has 0 rings (SSSR count). The maximum absolute atomic E-state index is 11.3. The molecule has 0 saturated carbocycles. The molecule has 0 aromatic rings. The number of carbonyl (C=O) groups excluding carboxylic acids is 2. The average molecular weight is 215 g/mol. The van der Waals surface area contributed by atoms with Gasteiger partial charge in [0.1, 0.15) is 6.29 Å². The summed E-state index contributed by atoms with van der Waals surface area (Å²) >= 11 is 0. The first-order chi connectivity index (χ1) is 6.91. The van der Waals surface area contributed by atoms with Gasteiger partial charge in [0.25, 0.3) is 0 Å². The van der Waals surface area contributed by atoms with Crippen LogP contribution < -0.4 is 16.0 Å². The van der Waals surface area contributed by atoms with Gasteiger partial charge >= 0.3 is 6.03 Å². The van der Waals surface area contributed by atoms with E-state index in [1.807, 2.05) is 7.05 Å². The molecule has 2 amide bonds. The maximum atomic E-state index is 11.3. The fourth-order valence-electron chi connectivity index (χ4n) is 1.12. The summed E-state index contributed by atoms with van der Waals surface area (Å²) in [7, 11) is 1.84. The normalized spacial score (nSPS) is 13.1. The highest BCUT2D eigenvalue weighted by atomic mass is 16.2. The van der Waals surface area contributed by atoms with E-state index >= 15 is 0 Å². The van der Waals surface area contributed by atoms with E-state index in [1.165, 1.54) is 0 Å². The molecule has 1 atom stereocenters. The third kappa shape index (κ3) is 6.06. The summed E-state index contributed by atoms with van der Waals surface area (Å²) in [5, 5.41) is 8.29. The third-order valence-electron chi connectivity index (χ3n) is 2.10. The highest BCUT2D eigenvalue weighted by Crippen LogP contribution is 2.18. The molecule has 0 spiro atoms. The summed E-state index contributed by atoms with van der Waals surface area (Å²) in [6.07, 6.45) is 0.656. The number of likely N-dealkylation sites (N-methyl/N-ethyl adjacent to an activating group) is 1. The average Bonchev–Trinajstić information content (AvgIpc) is 2.12. The molecule has 0 bridgehead atoms. The van der Waals surface area contributed by atoms with Crippen LogP contribution in [0.2, 0.25) is 0 Å². The van der Waals surface area contributed by atoms with Crippen molar-refractivity contribution < 1.29 is 9.59 Å². The van der Waals surface area contributed by atoms with Crippen LogP contribution in [0.25, 0.3) is 0 Å². The van der Waals surface area contributed by atoms with Gasteiger partial charge in [-0.05, 0) is 12.5 Å². The quantitative estimate of drug-likeness (QED) is 0.570. The highest BCUT2D eigenvalue weighted by Gasteiger charge is 2.25. The van der Waals surface area contributed by atoms with Crippen molar-refractivity contribution in [1.29, 1.82) is 0 Å². The first-order valence-electron chi connectivity index (χ1n) is 5.04. The van der Waals surface area contributed by atoms with E-state index in [2.05, 4.69) is 36.7 Å². The summed E-state index contributed by atoms with van der Waals surface area (Å²) in [4.78, 5) is 21.4. The number of aldehydes is 1. The van der Waals surface area contributed by atoms with Gasteiger partial charge in [-0.2, -0.15) is 0 Å². The van der Waals surface area contributed by atoms with Crippen LogP contribution in [0.1, 0.15) is 20.8 Å². The largest absolute Gasteiger partial charge is 0.334 e. The van der Waals surface area contributed by atoms with Crippen molar-refractivity contribution in [1.82, 2.24) is 16.0 Å². The van der Waals surface area contributed by atoms with Crippen molar-refractivity contribution in [3.05, 3.63) is 0 Å². The topological polar surface area (TPSA) is 70.2 Å². The fraction of sp³-hybridized carbons (Fsp3) is 0.800. The lowest BCUT2D eigenvalue weighted by molar-refractivity contribution is -0.107. The third-order valence-corrected chi connectivity index (χ3v) is 2.10. The van der Waals surface area contributed by atoms with Gasteiger partial charge in [0.2, 0.25) is 0 Å². The molecule has 5 nitrogen and oxygen atoms in total. The lowest BCUT2D eigenvalue weighted by Crippen LogP contribution is -2.52. The molecule has 0 saturated heterocycles. The predicted octanol–water partition coefficient (Wildman–Crippen LogP) is 0.119. The molecule has 0 aromatic heterocycles. The van der Waals surface area contributed by atoms with E-state index in [9.17, 15) is 9.59 Å². The SMILES string of the molecule is CNC[C@@H](NC(=O)NCC=O)C(C)(C)C. The van der Waals surface area contributed by atoms with Gasteiger partial charge in [0.15, 0.2) is 0 Å². The summed E-state index contributed by atoms with van der Waals surface area (Å²) in [5.74, 6) is 0. The highest BCUT2D eigenvalue weighted by molar-refractivity contribution is 5.76. The van der Waals surface area contributed by atoms with Crippen LogP contribution in [0.15, 0.2) is 0 Å². The summed E-state index contributed by atoms with van der Waals surface area (Å²) in [5.41, 5.74) is -0.0263. The monoisotopic (exact) mass is 215 g/mol. The predicted molar refractivity (Wildman–Crippen MR) is 59.8 cm³/mol. The molecule has 0 unspecified atom stereocenters. The minimum atomic E-state index is -0.308. The first-order valence-corrected chi connectivity index (χ1v) is 5.04. The summed E-state index contributed by atoms with van der Waals surface area (Å²) in [6, 6.07) is -0.286. The van der Waals surface area contributed by atoms with Crippen LogP contribution in [0, 0.1) is 5.41 Å². The number of rotatable bonds is 5. The van der Waals surface area contributed by atoms with Crippen molar-refractivity contribution >= 4 is 12.3 Å². The Morgan fingerprint density at radius 3 is 2.40 bits per heavy atom. The van der Waals surface area contributed by atoms with E-state index < -0.39 is 0 Å². The molecule has 88 valence electrons. The fourth-order valence-corrected chi connectivity index (χ4v) is 1.12. The van der Waals surface area contributed by atoms with Gasteiger partial charge in [-0.15, -0.1) is 0 Å². The Morgan fingerprint density at radius 2 is 2.00 bits per heavy atom. The van der Waals surface area contributed by atoms with Gasteiger partial charge in [-0.3, -0.25) is 0 Å². The van der Waals surface area contributed by atoms with Gasteiger partial charge in [-0.25, -0.2) is 4.79 Å². The number of nitrogens with one attached hydrogen (secondary N) is 3. The smallest absolute Gasteiger partial charge is 0.315 e. The number of hydrogen-bond donors (Lipinski definition) is 3. The molecule has 0 fully saturated rings. The second-order valence-corrected chi connectivity index (χ2v) is 4.50. The van der Waals surface area contributed by atoms with Crippen LogP contribution in [-0.4, -0.2) is 38.5 Å².